The van der Waals surface area contributed by atoms with Crippen molar-refractivity contribution in [2.75, 3.05) is 0 Å². The molecule has 2 heteroatoms. The maximum atomic E-state index is 14.3. The average molecular weight is 227 g/mol. The van der Waals surface area contributed by atoms with Crippen molar-refractivity contribution >= 4 is 0 Å². The molecule has 1 nitrogen and oxygen atoms in total. The second-order valence-corrected chi connectivity index (χ2v) is 4.64. The molecule has 0 aliphatic heterocycles. The molecule has 0 amide bonds. The van der Waals surface area contributed by atoms with Gasteiger partial charge in [-0.3, -0.25) is 4.98 Å². The highest BCUT2D eigenvalue weighted by Gasteiger charge is 2.38. The fraction of sp³-hybridized carbons (Fsp3) is 0.267. The molecule has 0 atom stereocenters. The Morgan fingerprint density at radius 3 is 2.41 bits per heavy atom. The molecule has 0 radical (unpaired) electrons. The van der Waals surface area contributed by atoms with E-state index in [0.717, 1.165) is 23.1 Å². The van der Waals surface area contributed by atoms with Gasteiger partial charge in [-0.1, -0.05) is 18.2 Å². The molecule has 0 bridgehead atoms. The zero-order valence-corrected chi connectivity index (χ0v) is 9.57. The largest absolute Gasteiger partial charge is 0.265 e. The highest BCUT2D eigenvalue weighted by atomic mass is 19.1. The first-order valence-corrected chi connectivity index (χ1v) is 5.98. The molecule has 1 saturated carbocycles. The summed E-state index contributed by atoms with van der Waals surface area (Å²) in [6, 6.07) is 11.7. The summed E-state index contributed by atoms with van der Waals surface area (Å²) >= 11 is 0. The smallest absolute Gasteiger partial charge is 0.136 e. The lowest BCUT2D eigenvalue weighted by Gasteiger charge is -2.34. The molecule has 17 heavy (non-hydrogen) atoms. The molecule has 1 aromatic heterocycles. The van der Waals surface area contributed by atoms with Crippen LogP contribution in [0.25, 0.3) is 11.1 Å². The molecular formula is C15H14FN. The van der Waals surface area contributed by atoms with Crippen molar-refractivity contribution in [3.05, 3.63) is 54.4 Å². The van der Waals surface area contributed by atoms with Crippen LogP contribution in [0.5, 0.6) is 0 Å². The van der Waals surface area contributed by atoms with E-state index in [0.29, 0.717) is 12.8 Å². The Balaban J connectivity index is 2.00. The van der Waals surface area contributed by atoms with Crippen molar-refractivity contribution in [1.29, 1.82) is 0 Å². The third-order valence-corrected chi connectivity index (χ3v) is 3.54. The third kappa shape index (κ3) is 1.84. The predicted octanol–water partition coefficient (Wildman–Crippen LogP) is 4.10. The van der Waals surface area contributed by atoms with Crippen molar-refractivity contribution in [2.45, 2.75) is 24.9 Å². The Kier molecular flexibility index (Phi) is 2.43. The predicted molar refractivity (Wildman–Crippen MR) is 66.3 cm³/mol. The SMILES string of the molecule is FC1(c2cccc(-c3ccncc3)c2)CCC1. The van der Waals surface area contributed by atoms with Crippen LogP contribution in [-0.2, 0) is 5.67 Å². The topological polar surface area (TPSA) is 12.9 Å². The van der Waals surface area contributed by atoms with Crippen molar-refractivity contribution in [3.8, 4) is 11.1 Å². The molecule has 3 rings (SSSR count). The Hall–Kier alpha value is -1.70. The van der Waals surface area contributed by atoms with Gasteiger partial charge in [0.2, 0.25) is 0 Å². The molecule has 86 valence electrons. The number of hydrogen-bond donors (Lipinski definition) is 0. The molecule has 0 N–H and O–H groups in total. The zero-order chi connectivity index (χ0) is 11.7. The first-order valence-electron chi connectivity index (χ1n) is 5.98. The van der Waals surface area contributed by atoms with Gasteiger partial charge >= 0.3 is 0 Å². The average Bonchev–Trinajstić information content (AvgIpc) is 2.37. The van der Waals surface area contributed by atoms with Gasteiger partial charge in [0.05, 0.1) is 0 Å². The number of benzene rings is 1. The first-order chi connectivity index (χ1) is 8.28. The second-order valence-electron chi connectivity index (χ2n) is 4.64. The monoisotopic (exact) mass is 227 g/mol. The zero-order valence-electron chi connectivity index (χ0n) is 9.57. The van der Waals surface area contributed by atoms with Crippen LogP contribution in [0, 0.1) is 0 Å². The van der Waals surface area contributed by atoms with E-state index in [1.807, 2.05) is 36.4 Å². The van der Waals surface area contributed by atoms with Gasteiger partial charge in [0.15, 0.2) is 0 Å². The lowest BCUT2D eigenvalue weighted by atomic mass is 9.76. The Morgan fingerprint density at radius 1 is 1.00 bits per heavy atom. The van der Waals surface area contributed by atoms with Gasteiger partial charge in [-0.25, -0.2) is 4.39 Å². The van der Waals surface area contributed by atoms with E-state index in [-0.39, 0.29) is 0 Å². The molecular weight excluding hydrogens is 213 g/mol. The standard InChI is InChI=1S/C15H14FN/c16-15(7-2-8-15)14-4-1-3-13(11-14)12-5-9-17-10-6-12/h1,3-6,9-11H,2,7-8H2. The number of hydrogen-bond acceptors (Lipinski definition) is 1. The van der Waals surface area contributed by atoms with Gasteiger partial charge in [-0.15, -0.1) is 0 Å². The van der Waals surface area contributed by atoms with E-state index < -0.39 is 5.67 Å². The van der Waals surface area contributed by atoms with Gasteiger partial charge in [0.25, 0.3) is 0 Å². The summed E-state index contributed by atoms with van der Waals surface area (Å²) in [4.78, 5) is 4.00. The maximum Gasteiger partial charge on any atom is 0.136 e. The minimum absolute atomic E-state index is 0.660. The first kappa shape index (κ1) is 10.5. The summed E-state index contributed by atoms with van der Waals surface area (Å²) in [5, 5.41) is 0. The van der Waals surface area contributed by atoms with Crippen molar-refractivity contribution in [2.24, 2.45) is 0 Å². The fourth-order valence-electron chi connectivity index (χ4n) is 2.30. The molecule has 1 aliphatic carbocycles. The van der Waals surface area contributed by atoms with Crippen LogP contribution in [-0.4, -0.2) is 4.98 Å². The highest BCUT2D eigenvalue weighted by Crippen LogP contribution is 2.45. The van der Waals surface area contributed by atoms with Gasteiger partial charge in [-0.05, 0) is 54.2 Å². The van der Waals surface area contributed by atoms with Crippen molar-refractivity contribution < 1.29 is 4.39 Å². The lowest BCUT2D eigenvalue weighted by molar-refractivity contribution is 0.0610. The fourth-order valence-corrected chi connectivity index (χ4v) is 2.30. The third-order valence-electron chi connectivity index (χ3n) is 3.54. The molecule has 0 spiro atoms. The summed E-state index contributed by atoms with van der Waals surface area (Å²) in [6.45, 7) is 0. The van der Waals surface area contributed by atoms with E-state index in [1.54, 1.807) is 12.4 Å². The number of nitrogens with zero attached hydrogens (tertiary/aromatic N) is 1. The number of aromatic nitrogens is 1. The van der Waals surface area contributed by atoms with Crippen molar-refractivity contribution in [1.82, 2.24) is 4.98 Å². The van der Waals surface area contributed by atoms with Crippen LogP contribution < -0.4 is 0 Å². The van der Waals surface area contributed by atoms with Gasteiger partial charge in [-0.2, -0.15) is 0 Å². The quantitative estimate of drug-likeness (QED) is 0.752. The summed E-state index contributed by atoms with van der Waals surface area (Å²) in [6.07, 6.45) is 5.84. The maximum absolute atomic E-state index is 14.3. The molecule has 2 aromatic rings. The van der Waals surface area contributed by atoms with Crippen LogP contribution in [0.3, 0.4) is 0 Å². The Bertz CT molecular complexity index is 517. The van der Waals surface area contributed by atoms with Crippen LogP contribution in [0.1, 0.15) is 24.8 Å². The highest BCUT2D eigenvalue weighted by molar-refractivity contribution is 5.63. The van der Waals surface area contributed by atoms with Gasteiger partial charge < -0.3 is 0 Å². The Labute approximate surface area is 100 Å². The molecule has 1 fully saturated rings. The van der Waals surface area contributed by atoms with Crippen LogP contribution >= 0.6 is 0 Å². The minimum atomic E-state index is -1.08. The normalized spacial score (nSPS) is 17.5. The molecule has 0 saturated heterocycles. The van der Waals surface area contributed by atoms with Crippen LogP contribution in [0.15, 0.2) is 48.8 Å². The summed E-state index contributed by atoms with van der Waals surface area (Å²) in [7, 11) is 0. The van der Waals surface area contributed by atoms with E-state index in [4.69, 9.17) is 0 Å². The number of halogens is 1. The van der Waals surface area contributed by atoms with E-state index in [2.05, 4.69) is 4.98 Å². The van der Waals surface area contributed by atoms with Crippen molar-refractivity contribution in [3.63, 3.8) is 0 Å². The van der Waals surface area contributed by atoms with Gasteiger partial charge in [0.1, 0.15) is 5.67 Å². The number of rotatable bonds is 2. The number of alkyl halides is 1. The molecule has 1 aromatic carbocycles. The molecule has 1 aliphatic rings. The van der Waals surface area contributed by atoms with E-state index in [9.17, 15) is 4.39 Å². The second kappa shape index (κ2) is 3.95. The lowest BCUT2D eigenvalue weighted by Crippen LogP contribution is -2.28. The van der Waals surface area contributed by atoms with E-state index >= 15 is 0 Å². The van der Waals surface area contributed by atoms with Crippen LogP contribution in [0.2, 0.25) is 0 Å². The number of pyridine rings is 1. The minimum Gasteiger partial charge on any atom is -0.265 e. The van der Waals surface area contributed by atoms with E-state index in [1.165, 1.54) is 0 Å². The summed E-state index contributed by atoms with van der Waals surface area (Å²) in [5.41, 5.74) is 1.89. The Morgan fingerprint density at radius 2 is 1.76 bits per heavy atom. The summed E-state index contributed by atoms with van der Waals surface area (Å²) in [5.74, 6) is 0. The molecule has 1 heterocycles. The molecule has 0 unspecified atom stereocenters. The van der Waals surface area contributed by atoms with Gasteiger partial charge in [0, 0.05) is 12.4 Å². The van der Waals surface area contributed by atoms with Crippen LogP contribution in [0.4, 0.5) is 4.39 Å². The summed E-state index contributed by atoms with van der Waals surface area (Å²) < 4.78 is 14.3.